The zero-order valence-electron chi connectivity index (χ0n) is 12.8. The highest BCUT2D eigenvalue weighted by molar-refractivity contribution is 8.00. The van der Waals surface area contributed by atoms with E-state index in [1.807, 2.05) is 39.0 Å². The number of carbonyl (C=O) groups is 1. The van der Waals surface area contributed by atoms with Crippen LogP contribution in [0.5, 0.6) is 0 Å². The zero-order chi connectivity index (χ0) is 15.4. The predicted octanol–water partition coefficient (Wildman–Crippen LogP) is 4.04. The molecule has 0 saturated heterocycles. The van der Waals surface area contributed by atoms with Crippen LogP contribution in [0.4, 0.5) is 0 Å². The topological polar surface area (TPSA) is 42.0 Å². The molecule has 2 rings (SSSR count). The van der Waals surface area contributed by atoms with Crippen LogP contribution in [-0.2, 0) is 4.79 Å². The molecular weight excluding hydrogens is 300 g/mol. The first-order chi connectivity index (χ1) is 9.97. The smallest absolute Gasteiger partial charge is 0.230 e. The molecule has 0 aliphatic carbocycles. The number of carbonyl (C=O) groups excluding carboxylic acids is 1. The molecule has 0 spiro atoms. The van der Waals surface area contributed by atoms with E-state index in [0.29, 0.717) is 5.75 Å². The molecule has 1 amide bonds. The van der Waals surface area contributed by atoms with Gasteiger partial charge in [0, 0.05) is 9.77 Å². The number of aromatic nitrogens is 1. The molecule has 1 unspecified atom stereocenters. The molecular formula is C16H20N2OS2. The molecule has 21 heavy (non-hydrogen) atoms. The van der Waals surface area contributed by atoms with Gasteiger partial charge in [-0.05, 0) is 39.3 Å². The van der Waals surface area contributed by atoms with E-state index in [4.69, 9.17) is 0 Å². The molecule has 0 saturated carbocycles. The van der Waals surface area contributed by atoms with E-state index in [0.717, 1.165) is 15.6 Å². The van der Waals surface area contributed by atoms with Crippen molar-refractivity contribution in [3.8, 4) is 0 Å². The highest BCUT2D eigenvalue weighted by Gasteiger charge is 2.15. The number of aryl methyl sites for hydroxylation is 3. The lowest BCUT2D eigenvalue weighted by Crippen LogP contribution is -2.28. The number of nitrogens with one attached hydrogen (secondary N) is 1. The Hall–Kier alpha value is -1.33. The molecule has 1 heterocycles. The number of hydrogen-bond donors (Lipinski definition) is 1. The summed E-state index contributed by atoms with van der Waals surface area (Å²) in [6.07, 6.45) is 0. The minimum absolute atomic E-state index is 0.0417. The average molecular weight is 320 g/mol. The molecule has 1 atom stereocenters. The Morgan fingerprint density at radius 3 is 2.67 bits per heavy atom. The largest absolute Gasteiger partial charge is 0.347 e. The lowest BCUT2D eigenvalue weighted by Gasteiger charge is -2.13. The maximum atomic E-state index is 12.1. The van der Waals surface area contributed by atoms with Crippen molar-refractivity contribution in [3.05, 3.63) is 45.4 Å². The highest BCUT2D eigenvalue weighted by Crippen LogP contribution is 2.24. The van der Waals surface area contributed by atoms with Crippen LogP contribution in [0.2, 0.25) is 0 Å². The SMILES string of the molecule is Cc1nc(C(C)NC(=O)CSc2ccccc2C)c(C)s1. The Morgan fingerprint density at radius 1 is 1.33 bits per heavy atom. The van der Waals surface area contributed by atoms with Gasteiger partial charge in [-0.3, -0.25) is 4.79 Å². The van der Waals surface area contributed by atoms with Gasteiger partial charge in [0.15, 0.2) is 0 Å². The van der Waals surface area contributed by atoms with Gasteiger partial charge >= 0.3 is 0 Å². The predicted molar refractivity (Wildman–Crippen MR) is 90.0 cm³/mol. The molecule has 0 aliphatic heterocycles. The van der Waals surface area contributed by atoms with Crippen LogP contribution in [-0.4, -0.2) is 16.6 Å². The van der Waals surface area contributed by atoms with Gasteiger partial charge in [-0.25, -0.2) is 4.98 Å². The van der Waals surface area contributed by atoms with Crippen LogP contribution < -0.4 is 5.32 Å². The summed E-state index contributed by atoms with van der Waals surface area (Å²) >= 11 is 3.24. The van der Waals surface area contributed by atoms with Gasteiger partial charge in [-0.15, -0.1) is 23.1 Å². The van der Waals surface area contributed by atoms with E-state index < -0.39 is 0 Å². The number of thiazole rings is 1. The Bertz CT molecular complexity index is 637. The summed E-state index contributed by atoms with van der Waals surface area (Å²) in [7, 11) is 0. The van der Waals surface area contributed by atoms with Crippen molar-refractivity contribution in [3.63, 3.8) is 0 Å². The standard InChI is InChI=1S/C16H20N2OS2/c1-10-7-5-6-8-14(10)20-9-15(19)17-11(2)16-12(3)21-13(4)18-16/h5-8,11H,9H2,1-4H3,(H,17,19). The quantitative estimate of drug-likeness (QED) is 0.846. The summed E-state index contributed by atoms with van der Waals surface area (Å²) in [6.45, 7) is 8.08. The van der Waals surface area contributed by atoms with Crippen molar-refractivity contribution in [1.29, 1.82) is 0 Å². The Morgan fingerprint density at radius 2 is 2.05 bits per heavy atom. The summed E-state index contributed by atoms with van der Waals surface area (Å²) in [4.78, 5) is 18.9. The Kier molecular flexibility index (Phi) is 5.42. The van der Waals surface area contributed by atoms with Crippen LogP contribution in [0, 0.1) is 20.8 Å². The van der Waals surface area contributed by atoms with Crippen molar-refractivity contribution >= 4 is 29.0 Å². The fourth-order valence-electron chi connectivity index (χ4n) is 2.16. The van der Waals surface area contributed by atoms with Crippen LogP contribution in [0.15, 0.2) is 29.2 Å². The summed E-state index contributed by atoms with van der Waals surface area (Å²) < 4.78 is 0. The lowest BCUT2D eigenvalue weighted by molar-refractivity contribution is -0.119. The van der Waals surface area contributed by atoms with E-state index >= 15 is 0 Å². The number of amides is 1. The minimum atomic E-state index is -0.0417. The van der Waals surface area contributed by atoms with Crippen LogP contribution in [0.3, 0.4) is 0 Å². The number of rotatable bonds is 5. The number of thioether (sulfide) groups is 1. The first-order valence-corrected chi connectivity index (χ1v) is 8.69. The normalized spacial score (nSPS) is 12.2. The van der Waals surface area contributed by atoms with Gasteiger partial charge in [-0.2, -0.15) is 0 Å². The number of hydrogen-bond acceptors (Lipinski definition) is 4. The molecule has 5 heteroatoms. The van der Waals surface area contributed by atoms with Crippen molar-refractivity contribution in [2.24, 2.45) is 0 Å². The first-order valence-electron chi connectivity index (χ1n) is 6.89. The second-order valence-electron chi connectivity index (χ2n) is 5.02. The van der Waals surface area contributed by atoms with Crippen LogP contribution in [0.1, 0.15) is 34.1 Å². The summed E-state index contributed by atoms with van der Waals surface area (Å²) in [5.74, 6) is 0.470. The van der Waals surface area contributed by atoms with Crippen molar-refractivity contribution in [2.75, 3.05) is 5.75 Å². The van der Waals surface area contributed by atoms with E-state index in [2.05, 4.69) is 23.3 Å². The van der Waals surface area contributed by atoms with Gasteiger partial charge in [0.1, 0.15) is 0 Å². The molecule has 0 bridgehead atoms. The fraction of sp³-hybridized carbons (Fsp3) is 0.375. The molecule has 0 radical (unpaired) electrons. The summed E-state index contributed by atoms with van der Waals surface area (Å²) in [5, 5.41) is 4.06. The fourth-order valence-corrected chi connectivity index (χ4v) is 3.91. The third kappa shape index (κ3) is 4.32. The van der Waals surface area contributed by atoms with Crippen molar-refractivity contribution < 1.29 is 4.79 Å². The molecule has 0 aliphatic rings. The molecule has 1 aromatic carbocycles. The highest BCUT2D eigenvalue weighted by atomic mass is 32.2. The van der Waals surface area contributed by atoms with Gasteiger partial charge in [0.25, 0.3) is 0 Å². The van der Waals surface area contributed by atoms with Crippen LogP contribution >= 0.6 is 23.1 Å². The van der Waals surface area contributed by atoms with Gasteiger partial charge < -0.3 is 5.32 Å². The zero-order valence-corrected chi connectivity index (χ0v) is 14.4. The third-order valence-electron chi connectivity index (χ3n) is 3.18. The Balaban J connectivity index is 1.90. The van der Waals surface area contributed by atoms with Gasteiger partial charge in [0.2, 0.25) is 5.91 Å². The lowest BCUT2D eigenvalue weighted by atomic mass is 10.2. The van der Waals surface area contributed by atoms with E-state index in [1.54, 1.807) is 23.1 Å². The second kappa shape index (κ2) is 7.09. The van der Waals surface area contributed by atoms with Crippen molar-refractivity contribution in [2.45, 2.75) is 38.6 Å². The van der Waals surface area contributed by atoms with Gasteiger partial charge in [0.05, 0.1) is 22.5 Å². The third-order valence-corrected chi connectivity index (χ3v) is 5.26. The molecule has 1 N–H and O–H groups in total. The summed E-state index contributed by atoms with van der Waals surface area (Å²) in [5.41, 5.74) is 2.18. The Labute approximate surface area is 134 Å². The van der Waals surface area contributed by atoms with E-state index in [-0.39, 0.29) is 11.9 Å². The number of benzene rings is 1. The minimum Gasteiger partial charge on any atom is -0.347 e. The number of nitrogens with zero attached hydrogens (tertiary/aromatic N) is 1. The van der Waals surface area contributed by atoms with Gasteiger partial charge in [-0.1, -0.05) is 18.2 Å². The second-order valence-corrected chi connectivity index (χ2v) is 7.44. The molecule has 2 aromatic rings. The molecule has 1 aromatic heterocycles. The van der Waals surface area contributed by atoms with Crippen LogP contribution in [0.25, 0.3) is 0 Å². The first kappa shape index (κ1) is 16.0. The maximum Gasteiger partial charge on any atom is 0.230 e. The molecule has 3 nitrogen and oxygen atoms in total. The van der Waals surface area contributed by atoms with E-state index in [9.17, 15) is 4.79 Å². The monoisotopic (exact) mass is 320 g/mol. The molecule has 112 valence electrons. The maximum absolute atomic E-state index is 12.1. The van der Waals surface area contributed by atoms with Crippen molar-refractivity contribution in [1.82, 2.24) is 10.3 Å². The molecule has 0 fully saturated rings. The van der Waals surface area contributed by atoms with E-state index in [1.165, 1.54) is 10.4 Å². The average Bonchev–Trinajstić information content (AvgIpc) is 2.77. The summed E-state index contributed by atoms with van der Waals surface area (Å²) in [6, 6.07) is 8.07.